The first-order valence-electron chi connectivity index (χ1n) is 6.14. The molecule has 2 aliphatic rings. The molecule has 0 aromatic rings. The molecular weight excluding hydrogens is 216 g/mol. The standard InChI is InChI=1S/C12H20N4O/c1-14-6-11(5-13)15-12(17)16-7-9-3-2-4-10(9)8-16/h5-6,9-10H,2-4,7-8,13H2,1H3,(H,15,17)/t9-,10+. The SMILES string of the molecule is CN=CC(=CN)NC(=O)N1C[C@H]2CCC[C@H]2C1. The van der Waals surface area contributed by atoms with Gasteiger partial charge in [-0.25, -0.2) is 4.79 Å². The minimum atomic E-state index is -0.0593. The number of fused-ring (bicyclic) bond motifs is 1. The van der Waals surface area contributed by atoms with Crippen LogP contribution in [0.25, 0.3) is 0 Å². The van der Waals surface area contributed by atoms with Crippen LogP contribution in [0.4, 0.5) is 4.79 Å². The fourth-order valence-corrected chi connectivity index (χ4v) is 2.86. The Balaban J connectivity index is 1.89. The number of hydrogen-bond acceptors (Lipinski definition) is 3. The van der Waals surface area contributed by atoms with Crippen molar-refractivity contribution in [1.82, 2.24) is 10.2 Å². The summed E-state index contributed by atoms with van der Waals surface area (Å²) in [6, 6.07) is -0.0593. The van der Waals surface area contributed by atoms with E-state index in [0.29, 0.717) is 17.5 Å². The number of nitrogens with two attached hydrogens (primary N) is 1. The summed E-state index contributed by atoms with van der Waals surface area (Å²) in [5.74, 6) is 1.43. The van der Waals surface area contributed by atoms with Gasteiger partial charge in [0.05, 0.1) is 5.70 Å². The summed E-state index contributed by atoms with van der Waals surface area (Å²) in [7, 11) is 1.65. The van der Waals surface area contributed by atoms with Gasteiger partial charge in [0.1, 0.15) is 0 Å². The Morgan fingerprint density at radius 2 is 2.06 bits per heavy atom. The number of hydrogen-bond donors (Lipinski definition) is 2. The normalized spacial score (nSPS) is 28.8. The van der Waals surface area contributed by atoms with Crippen LogP contribution in [0.2, 0.25) is 0 Å². The maximum atomic E-state index is 12.0. The summed E-state index contributed by atoms with van der Waals surface area (Å²) in [6.07, 6.45) is 6.77. The molecule has 1 aliphatic heterocycles. The van der Waals surface area contributed by atoms with E-state index < -0.39 is 0 Å². The van der Waals surface area contributed by atoms with Crippen molar-refractivity contribution < 1.29 is 4.79 Å². The van der Waals surface area contributed by atoms with Gasteiger partial charge in [-0.2, -0.15) is 0 Å². The Bertz CT molecular complexity index is 338. The highest BCUT2D eigenvalue weighted by molar-refractivity contribution is 5.87. The van der Waals surface area contributed by atoms with E-state index in [1.807, 2.05) is 4.90 Å². The molecule has 2 rings (SSSR count). The van der Waals surface area contributed by atoms with E-state index in [0.717, 1.165) is 13.1 Å². The lowest BCUT2D eigenvalue weighted by Crippen LogP contribution is -2.39. The van der Waals surface area contributed by atoms with Crippen molar-refractivity contribution in [3.63, 3.8) is 0 Å². The van der Waals surface area contributed by atoms with Crippen LogP contribution < -0.4 is 11.1 Å². The topological polar surface area (TPSA) is 70.7 Å². The average Bonchev–Trinajstić information content (AvgIpc) is 2.88. The van der Waals surface area contributed by atoms with Gasteiger partial charge in [0.2, 0.25) is 0 Å². The number of likely N-dealkylation sites (tertiary alicyclic amines) is 1. The first kappa shape index (κ1) is 12.0. The van der Waals surface area contributed by atoms with Crippen LogP contribution in [0.1, 0.15) is 19.3 Å². The molecule has 0 radical (unpaired) electrons. The van der Waals surface area contributed by atoms with Crippen molar-refractivity contribution in [3.05, 3.63) is 11.9 Å². The number of nitrogens with zero attached hydrogens (tertiary/aromatic N) is 2. The van der Waals surface area contributed by atoms with Crippen LogP contribution in [-0.2, 0) is 0 Å². The van der Waals surface area contributed by atoms with E-state index >= 15 is 0 Å². The average molecular weight is 236 g/mol. The van der Waals surface area contributed by atoms with E-state index in [2.05, 4.69) is 10.3 Å². The van der Waals surface area contributed by atoms with Crippen LogP contribution in [0.3, 0.4) is 0 Å². The predicted molar refractivity (Wildman–Crippen MR) is 67.6 cm³/mol. The number of urea groups is 1. The molecule has 0 spiro atoms. The van der Waals surface area contributed by atoms with E-state index in [4.69, 9.17) is 5.73 Å². The Labute approximate surface area is 102 Å². The summed E-state index contributed by atoms with van der Waals surface area (Å²) >= 11 is 0. The van der Waals surface area contributed by atoms with Crippen LogP contribution in [0, 0.1) is 11.8 Å². The second kappa shape index (κ2) is 5.21. The molecule has 17 heavy (non-hydrogen) atoms. The summed E-state index contributed by atoms with van der Waals surface area (Å²) in [6.45, 7) is 1.77. The molecule has 1 heterocycles. The molecule has 1 saturated carbocycles. The second-order valence-corrected chi connectivity index (χ2v) is 4.80. The van der Waals surface area contributed by atoms with Crippen LogP contribution in [0.5, 0.6) is 0 Å². The molecular formula is C12H20N4O. The number of rotatable bonds is 2. The minimum Gasteiger partial charge on any atom is -0.403 e. The van der Waals surface area contributed by atoms with Crippen molar-refractivity contribution in [2.75, 3.05) is 20.1 Å². The van der Waals surface area contributed by atoms with Gasteiger partial charge in [-0.05, 0) is 24.7 Å². The fraction of sp³-hybridized carbons (Fsp3) is 0.667. The maximum absolute atomic E-state index is 12.0. The molecule has 5 heteroatoms. The highest BCUT2D eigenvalue weighted by Gasteiger charge is 2.37. The fourth-order valence-electron chi connectivity index (χ4n) is 2.86. The van der Waals surface area contributed by atoms with E-state index in [1.54, 1.807) is 13.3 Å². The number of aliphatic imine (C=N–C) groups is 1. The third-order valence-electron chi connectivity index (χ3n) is 3.71. The van der Waals surface area contributed by atoms with Gasteiger partial charge in [0.25, 0.3) is 0 Å². The monoisotopic (exact) mass is 236 g/mol. The van der Waals surface area contributed by atoms with Crippen LogP contribution in [-0.4, -0.2) is 37.3 Å². The molecule has 1 saturated heterocycles. The zero-order valence-electron chi connectivity index (χ0n) is 10.2. The van der Waals surface area contributed by atoms with Gasteiger partial charge in [0.15, 0.2) is 0 Å². The third-order valence-corrected chi connectivity index (χ3v) is 3.71. The lowest BCUT2D eigenvalue weighted by atomic mass is 10.0. The van der Waals surface area contributed by atoms with Gasteiger partial charge in [-0.15, -0.1) is 0 Å². The van der Waals surface area contributed by atoms with Gasteiger partial charge in [-0.1, -0.05) is 6.42 Å². The second-order valence-electron chi connectivity index (χ2n) is 4.80. The summed E-state index contributed by atoms with van der Waals surface area (Å²) < 4.78 is 0. The quantitative estimate of drug-likeness (QED) is 0.700. The van der Waals surface area contributed by atoms with Gasteiger partial charge < -0.3 is 16.0 Å². The number of carbonyl (C=O) groups excluding carboxylic acids is 1. The number of nitrogens with one attached hydrogen (secondary N) is 1. The summed E-state index contributed by atoms with van der Waals surface area (Å²) in [5, 5.41) is 2.77. The highest BCUT2D eigenvalue weighted by atomic mass is 16.2. The molecule has 2 amide bonds. The Morgan fingerprint density at radius 1 is 1.41 bits per heavy atom. The molecule has 94 valence electrons. The zero-order chi connectivity index (χ0) is 12.3. The van der Waals surface area contributed by atoms with Crippen LogP contribution in [0.15, 0.2) is 16.9 Å². The van der Waals surface area contributed by atoms with Crippen LogP contribution >= 0.6 is 0 Å². The van der Waals surface area contributed by atoms with Crippen molar-refractivity contribution in [1.29, 1.82) is 0 Å². The largest absolute Gasteiger partial charge is 0.403 e. The molecule has 5 nitrogen and oxygen atoms in total. The molecule has 3 N–H and O–H groups in total. The predicted octanol–water partition coefficient (Wildman–Crippen LogP) is 0.929. The van der Waals surface area contributed by atoms with Gasteiger partial charge >= 0.3 is 6.03 Å². The molecule has 0 aromatic heterocycles. The lowest BCUT2D eigenvalue weighted by molar-refractivity contribution is 0.208. The third kappa shape index (κ3) is 2.60. The van der Waals surface area contributed by atoms with Crippen molar-refractivity contribution >= 4 is 12.2 Å². The Morgan fingerprint density at radius 3 is 2.59 bits per heavy atom. The summed E-state index contributed by atoms with van der Waals surface area (Å²) in [5.41, 5.74) is 5.96. The highest BCUT2D eigenvalue weighted by Crippen LogP contribution is 2.37. The lowest BCUT2D eigenvalue weighted by Gasteiger charge is -2.18. The Hall–Kier alpha value is -1.52. The molecule has 1 aliphatic carbocycles. The first-order chi connectivity index (χ1) is 8.24. The van der Waals surface area contributed by atoms with Crippen molar-refractivity contribution in [3.8, 4) is 0 Å². The number of allylic oxidation sites excluding steroid dienone is 1. The minimum absolute atomic E-state index is 0.0593. The van der Waals surface area contributed by atoms with Crippen molar-refractivity contribution in [2.45, 2.75) is 19.3 Å². The molecule has 2 atom stereocenters. The number of carbonyl (C=O) groups is 1. The zero-order valence-corrected chi connectivity index (χ0v) is 10.2. The van der Waals surface area contributed by atoms with Crippen molar-refractivity contribution in [2.24, 2.45) is 22.6 Å². The Kier molecular flexibility index (Phi) is 3.66. The molecule has 0 aromatic carbocycles. The van der Waals surface area contributed by atoms with E-state index in [-0.39, 0.29) is 6.03 Å². The van der Waals surface area contributed by atoms with E-state index in [9.17, 15) is 4.79 Å². The maximum Gasteiger partial charge on any atom is 0.321 e. The molecule has 2 fully saturated rings. The summed E-state index contributed by atoms with van der Waals surface area (Å²) in [4.78, 5) is 17.7. The number of amides is 2. The first-order valence-corrected chi connectivity index (χ1v) is 6.14. The van der Waals surface area contributed by atoms with Gasteiger partial charge in [-0.3, -0.25) is 4.99 Å². The molecule has 0 unspecified atom stereocenters. The molecule has 0 bridgehead atoms. The van der Waals surface area contributed by atoms with E-state index in [1.165, 1.54) is 25.5 Å². The smallest absolute Gasteiger partial charge is 0.321 e. The van der Waals surface area contributed by atoms with Gasteiger partial charge in [0, 0.05) is 32.6 Å².